The second-order valence-electron chi connectivity index (χ2n) is 10.4. The van der Waals surface area contributed by atoms with Crippen molar-refractivity contribution < 1.29 is 28.5 Å². The molecular formula is C31H38N2O6. The molecular weight excluding hydrogens is 496 g/mol. The molecule has 0 aliphatic carbocycles. The minimum Gasteiger partial charge on any atom is -0.504 e. The molecule has 0 saturated carbocycles. The standard InChI is InChI=1S/C31H38N2O6/c1-7-19-17-33-14-13-31(23-12-11-20(36-3)15-27(23)38-5)28-24(9-8-10-26(28)37-4)32-29(31)25(33)16-21(19)22(18-35-2)30(34)39-6/h8-12,15,18-19,21,25H,7,13-14,16-17H2,1-6H3/b22-18+/t19-,21+,25+,31+/m1/s1. The van der Waals surface area contributed by atoms with E-state index in [9.17, 15) is 4.79 Å². The zero-order valence-corrected chi connectivity index (χ0v) is 23.7. The molecule has 4 atom stereocenters. The number of nitrogens with zero attached hydrogens (tertiary/aromatic N) is 2. The summed E-state index contributed by atoms with van der Waals surface area (Å²) in [5.41, 5.74) is 4.14. The molecule has 5 rings (SSSR count). The monoisotopic (exact) mass is 534 g/mol. The number of benzene rings is 2. The number of piperidine rings is 2. The predicted molar refractivity (Wildman–Crippen MR) is 149 cm³/mol. The van der Waals surface area contributed by atoms with Crippen LogP contribution in [0.4, 0.5) is 5.69 Å². The third-order valence-corrected chi connectivity index (χ3v) is 8.83. The minimum atomic E-state index is -0.541. The number of ether oxygens (including phenoxy) is 5. The van der Waals surface area contributed by atoms with Gasteiger partial charge < -0.3 is 23.7 Å². The summed E-state index contributed by atoms with van der Waals surface area (Å²) in [7, 11) is 8.06. The molecule has 0 bridgehead atoms. The summed E-state index contributed by atoms with van der Waals surface area (Å²) in [5, 5.41) is 0. The first-order valence-corrected chi connectivity index (χ1v) is 13.5. The maximum Gasteiger partial charge on any atom is 0.337 e. The van der Waals surface area contributed by atoms with Crippen molar-refractivity contribution in [1.29, 1.82) is 0 Å². The summed E-state index contributed by atoms with van der Waals surface area (Å²) in [5.74, 6) is 2.23. The van der Waals surface area contributed by atoms with Gasteiger partial charge in [-0.05, 0) is 42.9 Å². The number of esters is 1. The molecule has 3 aliphatic rings. The van der Waals surface area contributed by atoms with E-state index in [1.807, 2.05) is 24.3 Å². The summed E-state index contributed by atoms with van der Waals surface area (Å²) >= 11 is 0. The number of hydrogen-bond donors (Lipinski definition) is 0. The fourth-order valence-corrected chi connectivity index (χ4v) is 7.04. The topological polar surface area (TPSA) is 78.8 Å². The van der Waals surface area contributed by atoms with Crippen molar-refractivity contribution in [3.63, 3.8) is 0 Å². The molecule has 0 radical (unpaired) electrons. The van der Waals surface area contributed by atoms with E-state index in [4.69, 9.17) is 28.7 Å². The SMILES string of the molecule is CC[C@@H]1CN2CC[C@@]3(c4ccc(OC)cc4OC)C(=Nc4cccc(OC)c43)[C@@H]2C[C@@H]1/C(=C\OC)C(=O)OC. The van der Waals surface area contributed by atoms with Crippen LogP contribution in [0.1, 0.15) is 37.3 Å². The zero-order valence-electron chi connectivity index (χ0n) is 23.7. The van der Waals surface area contributed by atoms with Crippen molar-refractivity contribution in [2.45, 2.75) is 37.6 Å². The van der Waals surface area contributed by atoms with E-state index in [-0.39, 0.29) is 17.9 Å². The zero-order chi connectivity index (χ0) is 27.7. The number of methoxy groups -OCH3 is 5. The number of aliphatic imine (C=N–C) groups is 1. The van der Waals surface area contributed by atoms with E-state index in [1.165, 1.54) is 7.11 Å². The molecule has 2 saturated heterocycles. The van der Waals surface area contributed by atoms with Gasteiger partial charge >= 0.3 is 5.97 Å². The van der Waals surface area contributed by atoms with Crippen LogP contribution in [0.5, 0.6) is 17.2 Å². The van der Waals surface area contributed by atoms with Gasteiger partial charge in [0.1, 0.15) is 17.2 Å². The molecule has 2 aromatic rings. The van der Waals surface area contributed by atoms with Crippen molar-refractivity contribution in [1.82, 2.24) is 4.90 Å². The maximum absolute atomic E-state index is 12.9. The lowest BCUT2D eigenvalue weighted by molar-refractivity contribution is -0.137. The fraction of sp³-hybridized carbons (Fsp3) is 0.484. The number of carbonyl (C=O) groups is 1. The second kappa shape index (κ2) is 10.9. The fourth-order valence-electron chi connectivity index (χ4n) is 7.04. The molecule has 0 aromatic heterocycles. The Hall–Kier alpha value is -3.52. The number of fused-ring (bicyclic) bond motifs is 5. The Balaban J connectivity index is 1.69. The summed E-state index contributed by atoms with van der Waals surface area (Å²) in [6, 6.07) is 12.1. The van der Waals surface area contributed by atoms with E-state index in [1.54, 1.807) is 34.7 Å². The van der Waals surface area contributed by atoms with Crippen LogP contribution in [-0.4, -0.2) is 71.3 Å². The van der Waals surface area contributed by atoms with E-state index < -0.39 is 5.41 Å². The van der Waals surface area contributed by atoms with Crippen LogP contribution >= 0.6 is 0 Å². The van der Waals surface area contributed by atoms with Crippen molar-refractivity contribution in [2.24, 2.45) is 16.8 Å². The van der Waals surface area contributed by atoms with Crippen molar-refractivity contribution in [2.75, 3.05) is 48.6 Å². The highest BCUT2D eigenvalue weighted by Gasteiger charge is 2.56. The van der Waals surface area contributed by atoms with Gasteiger partial charge in [-0.1, -0.05) is 25.5 Å². The average molecular weight is 535 g/mol. The van der Waals surface area contributed by atoms with Crippen LogP contribution in [0.25, 0.3) is 0 Å². The third-order valence-electron chi connectivity index (χ3n) is 8.83. The van der Waals surface area contributed by atoms with E-state index in [0.717, 1.165) is 72.1 Å². The van der Waals surface area contributed by atoms with Crippen molar-refractivity contribution in [3.05, 3.63) is 59.4 Å². The van der Waals surface area contributed by atoms with Crippen LogP contribution in [-0.2, 0) is 19.7 Å². The maximum atomic E-state index is 12.9. The molecule has 2 aromatic carbocycles. The highest BCUT2D eigenvalue weighted by Crippen LogP contribution is 2.57. The molecule has 8 nitrogen and oxygen atoms in total. The molecule has 0 amide bonds. The van der Waals surface area contributed by atoms with Crippen molar-refractivity contribution in [3.8, 4) is 17.2 Å². The molecule has 0 N–H and O–H groups in total. The summed E-state index contributed by atoms with van der Waals surface area (Å²) in [6.07, 6.45) is 4.07. The lowest BCUT2D eigenvalue weighted by Crippen LogP contribution is -2.61. The van der Waals surface area contributed by atoms with Gasteiger partial charge in [-0.3, -0.25) is 9.89 Å². The molecule has 0 unspecified atom stereocenters. The molecule has 0 spiro atoms. The lowest BCUT2D eigenvalue weighted by Gasteiger charge is -2.52. The Labute approximate surface area is 230 Å². The van der Waals surface area contributed by atoms with Gasteiger partial charge in [-0.15, -0.1) is 0 Å². The van der Waals surface area contributed by atoms with Crippen LogP contribution < -0.4 is 14.2 Å². The van der Waals surface area contributed by atoms with E-state index in [2.05, 4.69) is 24.0 Å². The molecule has 2 fully saturated rings. The van der Waals surface area contributed by atoms with Crippen LogP contribution in [0.3, 0.4) is 0 Å². The highest BCUT2D eigenvalue weighted by molar-refractivity contribution is 6.09. The number of rotatable bonds is 8. The number of hydrogen-bond acceptors (Lipinski definition) is 8. The Bertz CT molecular complexity index is 1300. The molecule has 208 valence electrons. The predicted octanol–water partition coefficient (Wildman–Crippen LogP) is 4.91. The van der Waals surface area contributed by atoms with Gasteiger partial charge in [0.15, 0.2) is 0 Å². The van der Waals surface area contributed by atoms with Gasteiger partial charge in [0.2, 0.25) is 0 Å². The first-order valence-electron chi connectivity index (χ1n) is 13.5. The van der Waals surface area contributed by atoms with Crippen molar-refractivity contribution >= 4 is 17.4 Å². The summed E-state index contributed by atoms with van der Waals surface area (Å²) in [4.78, 5) is 20.8. The van der Waals surface area contributed by atoms with Gasteiger partial charge in [0.25, 0.3) is 0 Å². The molecule has 8 heteroatoms. The van der Waals surface area contributed by atoms with E-state index in [0.29, 0.717) is 11.5 Å². The Kier molecular flexibility index (Phi) is 7.58. The summed E-state index contributed by atoms with van der Waals surface area (Å²) < 4.78 is 28.0. The first-order chi connectivity index (χ1) is 19.0. The Morgan fingerprint density at radius 2 is 1.87 bits per heavy atom. The molecule has 39 heavy (non-hydrogen) atoms. The largest absolute Gasteiger partial charge is 0.504 e. The quantitative estimate of drug-likeness (QED) is 0.271. The highest BCUT2D eigenvalue weighted by atomic mass is 16.5. The number of carbonyl (C=O) groups excluding carboxylic acids is 1. The molecule has 3 aliphatic heterocycles. The Morgan fingerprint density at radius 1 is 1.08 bits per heavy atom. The van der Waals surface area contributed by atoms with Gasteiger partial charge in [0, 0.05) is 36.3 Å². The van der Waals surface area contributed by atoms with E-state index >= 15 is 0 Å². The average Bonchev–Trinajstić information content (AvgIpc) is 3.34. The van der Waals surface area contributed by atoms with Gasteiger partial charge in [0.05, 0.1) is 64.2 Å². The first kappa shape index (κ1) is 27.1. The second-order valence-corrected chi connectivity index (χ2v) is 10.4. The van der Waals surface area contributed by atoms with Crippen LogP contribution in [0.15, 0.2) is 53.2 Å². The van der Waals surface area contributed by atoms with Gasteiger partial charge in [-0.25, -0.2) is 4.79 Å². The van der Waals surface area contributed by atoms with Gasteiger partial charge in [-0.2, -0.15) is 0 Å². The normalized spacial score (nSPS) is 26.1. The lowest BCUT2D eigenvalue weighted by atomic mass is 9.62. The Morgan fingerprint density at radius 3 is 2.54 bits per heavy atom. The summed E-state index contributed by atoms with van der Waals surface area (Å²) in [6.45, 7) is 3.93. The third kappa shape index (κ3) is 4.25. The van der Waals surface area contributed by atoms with Crippen LogP contribution in [0, 0.1) is 11.8 Å². The molecule has 3 heterocycles. The smallest absolute Gasteiger partial charge is 0.337 e. The van der Waals surface area contributed by atoms with Crippen LogP contribution in [0.2, 0.25) is 0 Å². The minimum absolute atomic E-state index is 0.0142.